The van der Waals surface area contributed by atoms with Crippen LogP contribution in [0.5, 0.6) is 0 Å². The largest absolute Gasteiger partial charge is 0.0905 e. The van der Waals surface area contributed by atoms with Crippen LogP contribution in [0.4, 0.5) is 0 Å². The molecule has 0 heterocycles. The summed E-state index contributed by atoms with van der Waals surface area (Å²) in [5.41, 5.74) is 13.3. The molecule has 0 N–H and O–H groups in total. The zero-order chi connectivity index (χ0) is 48.0. The van der Waals surface area contributed by atoms with E-state index < -0.39 is 0 Å². The summed E-state index contributed by atoms with van der Waals surface area (Å²) in [4.78, 5) is 0. The summed E-state index contributed by atoms with van der Waals surface area (Å²) in [6.45, 7) is 43.5. The van der Waals surface area contributed by atoms with Crippen LogP contribution in [-0.2, 0) is 10.8 Å². The molecule has 0 radical (unpaired) electrons. The van der Waals surface area contributed by atoms with Crippen LogP contribution in [0.15, 0.2) is 84.0 Å². The third kappa shape index (κ3) is 16.3. The SMILES string of the molecule is C=c1c(-c2ccc(C(C)(C)C)cc2)ccc(-c2ccc(C(C)(C)C)cc2)/c1=C(\CC)CC(C)CC.CC.CC/C=C(\C(CCCCCCC)/C(=C/CC)C(CC)CC)C1CCC1CC. The van der Waals surface area contributed by atoms with E-state index in [4.69, 9.17) is 6.58 Å². The number of allylic oxidation sites excluding steroid dienone is 4. The molecule has 4 atom stereocenters. The van der Waals surface area contributed by atoms with Crippen LogP contribution in [0.25, 0.3) is 34.4 Å². The first kappa shape index (κ1) is 57.0. The summed E-state index contributed by atoms with van der Waals surface area (Å²) in [5, 5.41) is 2.51. The highest BCUT2D eigenvalue weighted by atomic mass is 14.4. The molecule has 1 saturated carbocycles. The molecule has 1 fully saturated rings. The smallest absolute Gasteiger partial charge is 0.00125 e. The Bertz CT molecular complexity index is 1910. The number of unbranched alkanes of at least 4 members (excludes halogenated alkanes) is 4. The Labute approximate surface area is 399 Å². The fourth-order valence-electron chi connectivity index (χ4n) is 10.2. The van der Waals surface area contributed by atoms with Gasteiger partial charge in [0.1, 0.15) is 0 Å². The fourth-order valence-corrected chi connectivity index (χ4v) is 10.2. The Hall–Kier alpha value is -3.12. The van der Waals surface area contributed by atoms with Crippen LogP contribution >= 0.6 is 0 Å². The molecular formula is C64H102. The minimum atomic E-state index is 0.152. The first-order chi connectivity index (χ1) is 30.5. The minimum Gasteiger partial charge on any atom is -0.0905 e. The maximum absolute atomic E-state index is 4.69. The maximum Gasteiger partial charge on any atom is 0.00125 e. The van der Waals surface area contributed by atoms with Crippen molar-refractivity contribution in [1.82, 2.24) is 0 Å². The van der Waals surface area contributed by atoms with Crippen molar-refractivity contribution in [1.29, 1.82) is 0 Å². The quantitative estimate of drug-likeness (QED) is 0.0739. The van der Waals surface area contributed by atoms with E-state index in [9.17, 15) is 0 Å². The number of hydrogen-bond donors (Lipinski definition) is 0. The summed E-state index contributed by atoms with van der Waals surface area (Å²) >= 11 is 0. The second-order valence-corrected chi connectivity index (χ2v) is 21.2. The van der Waals surface area contributed by atoms with E-state index in [1.54, 1.807) is 5.57 Å². The molecule has 1 aliphatic carbocycles. The minimum absolute atomic E-state index is 0.152. The Kier molecular flexibility index (Phi) is 25.7. The van der Waals surface area contributed by atoms with Gasteiger partial charge >= 0.3 is 0 Å². The van der Waals surface area contributed by atoms with E-state index in [-0.39, 0.29) is 10.8 Å². The zero-order valence-corrected chi connectivity index (χ0v) is 45.3. The van der Waals surface area contributed by atoms with E-state index >= 15 is 0 Å². The average molecular weight is 872 g/mol. The first-order valence-corrected chi connectivity index (χ1v) is 27.0. The molecule has 4 unspecified atom stereocenters. The van der Waals surface area contributed by atoms with Crippen molar-refractivity contribution in [3.05, 3.63) is 106 Å². The van der Waals surface area contributed by atoms with Gasteiger partial charge in [0.15, 0.2) is 0 Å². The first-order valence-electron chi connectivity index (χ1n) is 27.0. The van der Waals surface area contributed by atoms with E-state index in [0.717, 1.165) is 41.7 Å². The molecule has 0 saturated heterocycles. The third-order valence-electron chi connectivity index (χ3n) is 14.6. The van der Waals surface area contributed by atoms with Crippen LogP contribution < -0.4 is 10.4 Å². The average Bonchev–Trinajstić information content (AvgIpc) is 3.27. The summed E-state index contributed by atoms with van der Waals surface area (Å²) in [5.74, 6) is 4.01. The van der Waals surface area contributed by atoms with Gasteiger partial charge in [-0.15, -0.1) is 0 Å². The molecule has 1 aliphatic rings. The van der Waals surface area contributed by atoms with Gasteiger partial charge in [0.2, 0.25) is 0 Å². The van der Waals surface area contributed by atoms with Crippen molar-refractivity contribution in [3.8, 4) is 22.3 Å². The second kappa shape index (κ2) is 28.8. The zero-order valence-electron chi connectivity index (χ0n) is 45.3. The predicted molar refractivity (Wildman–Crippen MR) is 293 cm³/mol. The molecule has 0 amide bonds. The third-order valence-corrected chi connectivity index (χ3v) is 14.6. The highest BCUT2D eigenvalue weighted by Crippen LogP contribution is 2.48. The molecule has 64 heavy (non-hydrogen) atoms. The van der Waals surface area contributed by atoms with E-state index in [0.29, 0.717) is 5.92 Å². The second-order valence-electron chi connectivity index (χ2n) is 21.2. The van der Waals surface area contributed by atoms with Gasteiger partial charge in [0.05, 0.1) is 0 Å². The van der Waals surface area contributed by atoms with Crippen LogP contribution in [0.2, 0.25) is 0 Å². The van der Waals surface area contributed by atoms with Gasteiger partial charge in [0, 0.05) is 5.92 Å². The summed E-state index contributed by atoms with van der Waals surface area (Å²) in [6, 6.07) is 22.9. The molecule has 3 aromatic rings. The van der Waals surface area contributed by atoms with E-state index in [1.165, 1.54) is 134 Å². The molecule has 0 nitrogen and oxygen atoms in total. The molecule has 3 aromatic carbocycles. The van der Waals surface area contributed by atoms with Crippen molar-refractivity contribution in [3.63, 3.8) is 0 Å². The standard InChI is InChI=1S/C35H46.C27H50.C2H6/c1-11-24(3)23-26(12-2)33-25(4)31(27-13-17-29(18-14-27)34(5,6)7)21-22-32(33)28-15-19-30(20-16-28)35(8,9)10;1-7-13-14-15-16-19-27(24(17-8-2)22(10-4)11-5)26(18-9-3)25-21-20-23(25)12-6;1-2/h13-22,24H,4,11-12,23H2,1-3,5-10H3;17-18,22-23,25,27H,7-16,19-21H2,1-6H3;1-2H3/b33-26+;24-17+,26-18-;. The highest BCUT2D eigenvalue weighted by molar-refractivity contribution is 5.75. The van der Waals surface area contributed by atoms with Crippen molar-refractivity contribution in [2.45, 2.75) is 231 Å². The lowest BCUT2D eigenvalue weighted by atomic mass is 9.62. The molecule has 0 bridgehead atoms. The van der Waals surface area contributed by atoms with Crippen LogP contribution in [0.1, 0.15) is 232 Å². The number of benzene rings is 3. The van der Waals surface area contributed by atoms with Crippen LogP contribution in [0.3, 0.4) is 0 Å². The maximum atomic E-state index is 4.69. The fraction of sp³-hybridized carbons (Fsp3) is 0.625. The van der Waals surface area contributed by atoms with Crippen molar-refractivity contribution in [2.75, 3.05) is 0 Å². The number of hydrogen-bond acceptors (Lipinski definition) is 0. The Morgan fingerprint density at radius 2 is 1.16 bits per heavy atom. The van der Waals surface area contributed by atoms with Gasteiger partial charge in [-0.05, 0) is 136 Å². The van der Waals surface area contributed by atoms with Gasteiger partial charge in [-0.1, -0.05) is 259 Å². The van der Waals surface area contributed by atoms with Gasteiger partial charge in [-0.2, -0.15) is 0 Å². The van der Waals surface area contributed by atoms with Crippen LogP contribution in [0, 0.1) is 29.6 Å². The molecule has 0 spiro atoms. The van der Waals surface area contributed by atoms with Gasteiger partial charge in [-0.25, -0.2) is 0 Å². The van der Waals surface area contributed by atoms with E-state index in [1.807, 2.05) is 19.4 Å². The Morgan fingerprint density at radius 3 is 1.58 bits per heavy atom. The molecule has 4 rings (SSSR count). The van der Waals surface area contributed by atoms with Crippen LogP contribution in [-0.4, -0.2) is 0 Å². The normalized spacial score (nSPS) is 17.2. The molecular weight excluding hydrogens is 769 g/mol. The summed E-state index contributed by atoms with van der Waals surface area (Å²) < 4.78 is 0. The molecule has 358 valence electrons. The lowest BCUT2D eigenvalue weighted by Gasteiger charge is -2.42. The van der Waals surface area contributed by atoms with Gasteiger partial charge in [0.25, 0.3) is 0 Å². The van der Waals surface area contributed by atoms with Gasteiger partial charge < -0.3 is 0 Å². The van der Waals surface area contributed by atoms with Gasteiger partial charge in [-0.3, -0.25) is 0 Å². The van der Waals surface area contributed by atoms with E-state index in [2.05, 4.69) is 177 Å². The highest BCUT2D eigenvalue weighted by Gasteiger charge is 2.36. The summed E-state index contributed by atoms with van der Waals surface area (Å²) in [6.07, 6.45) is 26.3. The van der Waals surface area contributed by atoms with Crippen molar-refractivity contribution >= 4 is 12.2 Å². The summed E-state index contributed by atoms with van der Waals surface area (Å²) in [7, 11) is 0. The predicted octanol–water partition coefficient (Wildman–Crippen LogP) is 19.6. The number of rotatable bonds is 21. The lowest BCUT2D eigenvalue weighted by Crippen LogP contribution is -2.31. The molecule has 0 aliphatic heterocycles. The molecule has 0 heteroatoms. The van der Waals surface area contributed by atoms with Crippen molar-refractivity contribution < 1.29 is 0 Å². The Balaban J connectivity index is 0.000000438. The molecule has 0 aromatic heterocycles. The lowest BCUT2D eigenvalue weighted by molar-refractivity contribution is 0.191. The topological polar surface area (TPSA) is 0 Å². The Morgan fingerprint density at radius 1 is 0.641 bits per heavy atom. The van der Waals surface area contributed by atoms with Crippen molar-refractivity contribution in [2.24, 2.45) is 29.6 Å². The monoisotopic (exact) mass is 871 g/mol.